The summed E-state index contributed by atoms with van der Waals surface area (Å²) in [4.78, 5) is 4.38. The van der Waals surface area contributed by atoms with E-state index in [1.165, 1.54) is 0 Å². The van der Waals surface area contributed by atoms with Gasteiger partial charge in [-0.05, 0) is 29.9 Å². The summed E-state index contributed by atoms with van der Waals surface area (Å²) in [6.45, 7) is 6.41. The second-order valence-corrected chi connectivity index (χ2v) is 4.74. The maximum absolute atomic E-state index is 9.53. The van der Waals surface area contributed by atoms with Crippen LogP contribution in [0.25, 0.3) is 0 Å². The van der Waals surface area contributed by atoms with Crippen molar-refractivity contribution in [2.45, 2.75) is 32.6 Å². The van der Waals surface area contributed by atoms with E-state index in [4.69, 9.17) is 0 Å². The van der Waals surface area contributed by atoms with Crippen LogP contribution in [0.5, 0.6) is 0 Å². The third-order valence-electron chi connectivity index (χ3n) is 3.71. The smallest absolute Gasteiger partial charge is 0.0891 e. The monoisotopic (exact) mass is 200 g/mol. The van der Waals surface area contributed by atoms with Crippen molar-refractivity contribution in [3.05, 3.63) is 29.6 Å². The Hall–Kier alpha value is -1.36. The number of hydrogen-bond donors (Lipinski definition) is 0. The molecule has 0 aromatic carbocycles. The van der Waals surface area contributed by atoms with E-state index < -0.39 is 0 Å². The fourth-order valence-electron chi connectivity index (χ4n) is 2.87. The van der Waals surface area contributed by atoms with Gasteiger partial charge in [0.05, 0.1) is 11.5 Å². The van der Waals surface area contributed by atoms with E-state index in [-0.39, 0.29) is 5.41 Å². The van der Waals surface area contributed by atoms with E-state index in [9.17, 15) is 5.26 Å². The highest BCUT2D eigenvalue weighted by molar-refractivity contribution is 5.42. The third kappa shape index (κ3) is 1.19. The molecule has 0 fully saturated rings. The number of rotatable bonds is 1. The number of fused-ring (bicyclic) bond motifs is 1. The summed E-state index contributed by atoms with van der Waals surface area (Å²) >= 11 is 0. The van der Waals surface area contributed by atoms with Crippen molar-refractivity contribution >= 4 is 0 Å². The topological polar surface area (TPSA) is 36.7 Å². The molecule has 0 saturated heterocycles. The molecule has 2 heteroatoms. The minimum absolute atomic E-state index is 0.330. The molecule has 0 aliphatic heterocycles. The highest BCUT2D eigenvalue weighted by Gasteiger charge is 2.47. The van der Waals surface area contributed by atoms with E-state index in [2.05, 4.69) is 37.9 Å². The normalized spacial score (nSPS) is 28.9. The van der Waals surface area contributed by atoms with Gasteiger partial charge in [-0.3, -0.25) is 4.98 Å². The van der Waals surface area contributed by atoms with Crippen LogP contribution in [0, 0.1) is 23.2 Å². The molecular formula is C13H16N2. The number of hydrogen-bond acceptors (Lipinski definition) is 2. The highest BCUT2D eigenvalue weighted by Crippen LogP contribution is 2.46. The van der Waals surface area contributed by atoms with E-state index in [0.717, 1.165) is 17.7 Å². The molecule has 2 atom stereocenters. The average Bonchev–Trinajstić information content (AvgIpc) is 2.50. The quantitative estimate of drug-likeness (QED) is 0.698. The van der Waals surface area contributed by atoms with Crippen LogP contribution in [0.4, 0.5) is 0 Å². The Morgan fingerprint density at radius 2 is 2.33 bits per heavy atom. The molecule has 78 valence electrons. The predicted molar refractivity (Wildman–Crippen MR) is 59.2 cm³/mol. The Morgan fingerprint density at radius 3 is 2.93 bits per heavy atom. The number of pyridine rings is 1. The molecule has 0 amide bonds. The maximum atomic E-state index is 9.53. The van der Waals surface area contributed by atoms with Crippen LogP contribution in [0.2, 0.25) is 0 Å². The van der Waals surface area contributed by atoms with Crippen LogP contribution in [0.1, 0.15) is 32.0 Å². The SMILES string of the molecule is CC(C)[C@]1(C#N)c2cccnc2C[C@H]1C. The molecule has 1 aliphatic rings. The van der Waals surface area contributed by atoms with Gasteiger partial charge in [-0.1, -0.05) is 26.8 Å². The van der Waals surface area contributed by atoms with Crippen molar-refractivity contribution in [3.8, 4) is 6.07 Å². The van der Waals surface area contributed by atoms with Crippen molar-refractivity contribution in [2.24, 2.45) is 11.8 Å². The minimum atomic E-state index is -0.330. The molecule has 0 spiro atoms. The lowest BCUT2D eigenvalue weighted by Crippen LogP contribution is -2.34. The average molecular weight is 200 g/mol. The summed E-state index contributed by atoms with van der Waals surface area (Å²) in [6.07, 6.45) is 2.75. The van der Waals surface area contributed by atoms with Gasteiger partial charge in [0.15, 0.2) is 0 Å². The Morgan fingerprint density at radius 1 is 1.60 bits per heavy atom. The van der Waals surface area contributed by atoms with Gasteiger partial charge >= 0.3 is 0 Å². The zero-order valence-corrected chi connectivity index (χ0v) is 9.49. The molecule has 2 rings (SSSR count). The first-order valence-electron chi connectivity index (χ1n) is 5.48. The van der Waals surface area contributed by atoms with Crippen LogP contribution in [-0.2, 0) is 11.8 Å². The van der Waals surface area contributed by atoms with Crippen molar-refractivity contribution in [3.63, 3.8) is 0 Å². The number of nitrogens with zero attached hydrogens (tertiary/aromatic N) is 2. The molecule has 1 aliphatic carbocycles. The Labute approximate surface area is 91.0 Å². The van der Waals surface area contributed by atoms with Gasteiger partial charge in [0.1, 0.15) is 0 Å². The van der Waals surface area contributed by atoms with Crippen LogP contribution < -0.4 is 0 Å². The van der Waals surface area contributed by atoms with Gasteiger partial charge in [0.25, 0.3) is 0 Å². The van der Waals surface area contributed by atoms with Gasteiger partial charge in [0.2, 0.25) is 0 Å². The first-order valence-corrected chi connectivity index (χ1v) is 5.48. The summed E-state index contributed by atoms with van der Waals surface area (Å²) < 4.78 is 0. The molecular weight excluding hydrogens is 184 g/mol. The van der Waals surface area contributed by atoms with E-state index in [0.29, 0.717) is 11.8 Å². The molecule has 0 N–H and O–H groups in total. The summed E-state index contributed by atoms with van der Waals surface area (Å²) in [7, 11) is 0. The maximum Gasteiger partial charge on any atom is 0.0891 e. The lowest BCUT2D eigenvalue weighted by Gasteiger charge is -2.31. The highest BCUT2D eigenvalue weighted by atomic mass is 14.7. The largest absolute Gasteiger partial charge is 0.261 e. The zero-order chi connectivity index (χ0) is 11.1. The molecule has 1 aromatic rings. The van der Waals surface area contributed by atoms with E-state index in [1.54, 1.807) is 0 Å². The van der Waals surface area contributed by atoms with Crippen LogP contribution >= 0.6 is 0 Å². The van der Waals surface area contributed by atoms with Crippen molar-refractivity contribution in [1.29, 1.82) is 5.26 Å². The summed E-state index contributed by atoms with van der Waals surface area (Å²) in [5.74, 6) is 0.704. The standard InChI is InChI=1S/C13H16N2/c1-9(2)13(8-14)10(3)7-12-11(13)5-4-6-15-12/h4-6,9-10H,7H2,1-3H3/t10-,13+/m1/s1. The lowest BCUT2D eigenvalue weighted by molar-refractivity contribution is 0.302. The Balaban J connectivity index is 2.63. The zero-order valence-electron chi connectivity index (χ0n) is 9.49. The minimum Gasteiger partial charge on any atom is -0.261 e. The molecule has 2 nitrogen and oxygen atoms in total. The van der Waals surface area contributed by atoms with E-state index in [1.807, 2.05) is 12.3 Å². The van der Waals surface area contributed by atoms with Gasteiger partial charge < -0.3 is 0 Å². The molecule has 1 aromatic heterocycles. The molecule has 0 unspecified atom stereocenters. The number of aromatic nitrogens is 1. The fraction of sp³-hybridized carbons (Fsp3) is 0.538. The molecule has 1 heterocycles. The Kier molecular flexibility index (Phi) is 2.26. The van der Waals surface area contributed by atoms with Gasteiger partial charge in [-0.15, -0.1) is 0 Å². The van der Waals surface area contributed by atoms with E-state index >= 15 is 0 Å². The Bertz CT molecular complexity index is 417. The van der Waals surface area contributed by atoms with Crippen molar-refractivity contribution in [2.75, 3.05) is 0 Å². The predicted octanol–water partition coefficient (Wildman–Crippen LogP) is 2.69. The molecule has 0 saturated carbocycles. The number of nitriles is 1. The van der Waals surface area contributed by atoms with Gasteiger partial charge in [-0.2, -0.15) is 5.26 Å². The second-order valence-electron chi connectivity index (χ2n) is 4.74. The second kappa shape index (κ2) is 3.34. The summed E-state index contributed by atoms with van der Waals surface area (Å²) in [5.41, 5.74) is 1.93. The fourth-order valence-corrected chi connectivity index (χ4v) is 2.87. The van der Waals surface area contributed by atoms with Gasteiger partial charge in [0, 0.05) is 11.9 Å². The van der Waals surface area contributed by atoms with Crippen molar-refractivity contribution in [1.82, 2.24) is 4.98 Å². The van der Waals surface area contributed by atoms with Crippen LogP contribution in [0.15, 0.2) is 18.3 Å². The molecule has 15 heavy (non-hydrogen) atoms. The van der Waals surface area contributed by atoms with Crippen LogP contribution in [0.3, 0.4) is 0 Å². The first-order chi connectivity index (χ1) is 7.13. The molecule has 0 bridgehead atoms. The van der Waals surface area contributed by atoms with Crippen molar-refractivity contribution < 1.29 is 0 Å². The molecule has 0 radical (unpaired) electrons. The lowest BCUT2D eigenvalue weighted by atomic mass is 9.69. The third-order valence-corrected chi connectivity index (χ3v) is 3.71. The summed E-state index contributed by atoms with van der Waals surface area (Å²) in [6, 6.07) is 6.54. The first kappa shape index (κ1) is 10.2. The van der Waals surface area contributed by atoms with Gasteiger partial charge in [-0.25, -0.2) is 0 Å². The summed E-state index contributed by atoms with van der Waals surface area (Å²) in [5, 5.41) is 9.53. The van der Waals surface area contributed by atoms with Crippen LogP contribution in [-0.4, -0.2) is 4.98 Å².